The summed E-state index contributed by atoms with van der Waals surface area (Å²) in [5, 5.41) is 8.66. The maximum Gasteiger partial charge on any atom is 0.246 e. The molecule has 0 spiro atoms. The maximum absolute atomic E-state index is 13.0. The zero-order valence-corrected chi connectivity index (χ0v) is 9.95. The van der Waals surface area contributed by atoms with Crippen LogP contribution in [-0.4, -0.2) is 11.1 Å². The van der Waals surface area contributed by atoms with Gasteiger partial charge in [0, 0.05) is 5.92 Å². The number of carbonyl (C=O) groups is 1. The van der Waals surface area contributed by atoms with Crippen molar-refractivity contribution in [1.29, 1.82) is 0 Å². The average Bonchev–Trinajstić information content (AvgIpc) is 2.33. The van der Waals surface area contributed by atoms with E-state index in [2.05, 4.69) is 0 Å². The minimum atomic E-state index is -0.400. The highest BCUT2D eigenvalue weighted by molar-refractivity contribution is 5.77. The standard InChI is InChI=1S/C13H18FNO2/c1-2-3-6-11(13(16)15-17)8-10-5-4-7-12(14)9-10/h4-5,7,9,11,17H,2-3,6,8H2,1H3,(H,15,16). The van der Waals surface area contributed by atoms with Crippen LogP contribution < -0.4 is 5.48 Å². The smallest absolute Gasteiger partial charge is 0.246 e. The second-order valence-electron chi connectivity index (χ2n) is 4.15. The molecule has 0 saturated heterocycles. The first kappa shape index (κ1) is 13.6. The molecule has 2 N–H and O–H groups in total. The largest absolute Gasteiger partial charge is 0.289 e. The Morgan fingerprint density at radius 1 is 1.53 bits per heavy atom. The summed E-state index contributed by atoms with van der Waals surface area (Å²) in [6.07, 6.45) is 3.04. The van der Waals surface area contributed by atoms with Crippen molar-refractivity contribution in [2.75, 3.05) is 0 Å². The monoisotopic (exact) mass is 239 g/mol. The van der Waals surface area contributed by atoms with E-state index in [1.54, 1.807) is 17.6 Å². The number of hydroxylamine groups is 1. The van der Waals surface area contributed by atoms with E-state index >= 15 is 0 Å². The van der Waals surface area contributed by atoms with Crippen molar-refractivity contribution in [1.82, 2.24) is 5.48 Å². The third kappa shape index (κ3) is 4.53. The molecule has 0 bridgehead atoms. The van der Waals surface area contributed by atoms with Crippen LogP contribution >= 0.6 is 0 Å². The van der Waals surface area contributed by atoms with Gasteiger partial charge < -0.3 is 0 Å². The number of hydrogen-bond donors (Lipinski definition) is 2. The summed E-state index contributed by atoms with van der Waals surface area (Å²) >= 11 is 0. The van der Waals surface area contributed by atoms with Gasteiger partial charge >= 0.3 is 0 Å². The lowest BCUT2D eigenvalue weighted by Gasteiger charge is -2.14. The Balaban J connectivity index is 2.68. The minimum absolute atomic E-state index is 0.304. The Labute approximate surface area is 101 Å². The summed E-state index contributed by atoms with van der Waals surface area (Å²) in [5.41, 5.74) is 2.45. The Morgan fingerprint density at radius 3 is 2.88 bits per heavy atom. The van der Waals surface area contributed by atoms with Crippen molar-refractivity contribution in [3.63, 3.8) is 0 Å². The minimum Gasteiger partial charge on any atom is -0.289 e. The third-order valence-corrected chi connectivity index (χ3v) is 2.76. The molecule has 17 heavy (non-hydrogen) atoms. The fourth-order valence-corrected chi connectivity index (χ4v) is 1.82. The van der Waals surface area contributed by atoms with Crippen LogP contribution in [0.15, 0.2) is 24.3 Å². The van der Waals surface area contributed by atoms with Crippen molar-refractivity contribution in [3.8, 4) is 0 Å². The van der Waals surface area contributed by atoms with E-state index in [4.69, 9.17) is 5.21 Å². The molecule has 1 unspecified atom stereocenters. The quantitative estimate of drug-likeness (QED) is 0.592. The van der Waals surface area contributed by atoms with E-state index in [1.165, 1.54) is 12.1 Å². The molecule has 94 valence electrons. The summed E-state index contributed by atoms with van der Waals surface area (Å²) in [6.45, 7) is 2.04. The maximum atomic E-state index is 13.0. The lowest BCUT2D eigenvalue weighted by molar-refractivity contribution is -0.133. The van der Waals surface area contributed by atoms with Gasteiger partial charge in [-0.15, -0.1) is 0 Å². The van der Waals surface area contributed by atoms with E-state index < -0.39 is 5.91 Å². The lowest BCUT2D eigenvalue weighted by atomic mass is 9.93. The predicted molar refractivity (Wildman–Crippen MR) is 63.0 cm³/mol. The van der Waals surface area contributed by atoms with Crippen LogP contribution in [0.2, 0.25) is 0 Å². The van der Waals surface area contributed by atoms with Gasteiger partial charge in [-0.3, -0.25) is 10.0 Å². The highest BCUT2D eigenvalue weighted by Gasteiger charge is 2.17. The number of nitrogens with one attached hydrogen (secondary N) is 1. The predicted octanol–water partition coefficient (Wildman–Crippen LogP) is 2.68. The number of halogens is 1. The highest BCUT2D eigenvalue weighted by Crippen LogP contribution is 2.16. The summed E-state index contributed by atoms with van der Waals surface area (Å²) < 4.78 is 13.0. The fraction of sp³-hybridized carbons (Fsp3) is 0.462. The molecule has 1 aromatic rings. The first-order chi connectivity index (χ1) is 8.17. The van der Waals surface area contributed by atoms with Gasteiger partial charge in [-0.05, 0) is 30.5 Å². The van der Waals surface area contributed by atoms with Crippen LogP contribution in [0.4, 0.5) is 4.39 Å². The molecule has 0 aromatic heterocycles. The van der Waals surface area contributed by atoms with Crippen molar-refractivity contribution in [3.05, 3.63) is 35.6 Å². The van der Waals surface area contributed by atoms with Crippen LogP contribution in [-0.2, 0) is 11.2 Å². The van der Waals surface area contributed by atoms with Gasteiger partial charge in [0.1, 0.15) is 5.82 Å². The van der Waals surface area contributed by atoms with Gasteiger partial charge in [-0.25, -0.2) is 9.87 Å². The summed E-state index contributed by atoms with van der Waals surface area (Å²) in [7, 11) is 0. The van der Waals surface area contributed by atoms with Crippen molar-refractivity contribution in [2.45, 2.75) is 32.6 Å². The van der Waals surface area contributed by atoms with E-state index in [-0.39, 0.29) is 11.7 Å². The van der Waals surface area contributed by atoms with Crippen molar-refractivity contribution >= 4 is 5.91 Å². The van der Waals surface area contributed by atoms with Gasteiger partial charge in [0.2, 0.25) is 5.91 Å². The number of rotatable bonds is 6. The third-order valence-electron chi connectivity index (χ3n) is 2.76. The zero-order chi connectivity index (χ0) is 12.7. The molecule has 0 fully saturated rings. The normalized spacial score (nSPS) is 12.2. The molecular formula is C13H18FNO2. The Morgan fingerprint density at radius 2 is 2.29 bits per heavy atom. The Bertz CT molecular complexity index is 368. The van der Waals surface area contributed by atoms with Gasteiger partial charge in [0.05, 0.1) is 0 Å². The number of carbonyl (C=O) groups excluding carboxylic acids is 1. The molecule has 0 aliphatic carbocycles. The second kappa shape index (κ2) is 7.01. The number of amides is 1. The van der Waals surface area contributed by atoms with Crippen LogP contribution in [0.3, 0.4) is 0 Å². The molecule has 1 rings (SSSR count). The molecule has 1 aromatic carbocycles. The zero-order valence-electron chi connectivity index (χ0n) is 9.95. The molecule has 0 heterocycles. The molecule has 0 aliphatic heterocycles. The molecule has 4 heteroatoms. The van der Waals surface area contributed by atoms with E-state index in [0.717, 1.165) is 18.4 Å². The van der Waals surface area contributed by atoms with Crippen LogP contribution in [0.25, 0.3) is 0 Å². The first-order valence-electron chi connectivity index (χ1n) is 5.85. The van der Waals surface area contributed by atoms with E-state index in [0.29, 0.717) is 12.8 Å². The summed E-state index contributed by atoms with van der Waals surface area (Å²) in [4.78, 5) is 11.5. The Hall–Kier alpha value is -1.42. The first-order valence-corrected chi connectivity index (χ1v) is 5.85. The van der Waals surface area contributed by atoms with Crippen molar-refractivity contribution in [2.24, 2.45) is 5.92 Å². The number of hydrogen-bond acceptors (Lipinski definition) is 2. The Kier molecular flexibility index (Phi) is 5.63. The highest BCUT2D eigenvalue weighted by atomic mass is 19.1. The van der Waals surface area contributed by atoms with Crippen LogP contribution in [0, 0.1) is 11.7 Å². The summed E-state index contributed by atoms with van der Waals surface area (Å²) in [5.74, 6) is -1.01. The van der Waals surface area contributed by atoms with Gasteiger partial charge in [-0.2, -0.15) is 0 Å². The number of benzene rings is 1. The van der Waals surface area contributed by atoms with E-state index in [9.17, 15) is 9.18 Å². The van der Waals surface area contributed by atoms with Crippen LogP contribution in [0.1, 0.15) is 31.7 Å². The van der Waals surface area contributed by atoms with Gasteiger partial charge in [0.15, 0.2) is 0 Å². The second-order valence-corrected chi connectivity index (χ2v) is 4.15. The van der Waals surface area contributed by atoms with Gasteiger partial charge in [-0.1, -0.05) is 31.9 Å². The van der Waals surface area contributed by atoms with Crippen molar-refractivity contribution < 1.29 is 14.4 Å². The van der Waals surface area contributed by atoms with Crippen LogP contribution in [0.5, 0.6) is 0 Å². The summed E-state index contributed by atoms with van der Waals surface area (Å²) in [6, 6.07) is 6.20. The average molecular weight is 239 g/mol. The fourth-order valence-electron chi connectivity index (χ4n) is 1.82. The molecule has 1 atom stereocenters. The molecule has 3 nitrogen and oxygen atoms in total. The molecule has 1 amide bonds. The van der Waals surface area contributed by atoms with Gasteiger partial charge in [0.25, 0.3) is 0 Å². The topological polar surface area (TPSA) is 49.3 Å². The SMILES string of the molecule is CCCCC(Cc1cccc(F)c1)C(=O)NO. The number of unbranched alkanes of at least 4 members (excludes halogenated alkanes) is 1. The molecular weight excluding hydrogens is 221 g/mol. The molecule has 0 aliphatic rings. The molecule has 0 radical (unpaired) electrons. The van der Waals surface area contributed by atoms with E-state index in [1.807, 2.05) is 6.92 Å². The lowest BCUT2D eigenvalue weighted by Crippen LogP contribution is -2.29. The molecule has 0 saturated carbocycles.